The number of halogens is 1. The van der Waals surface area contributed by atoms with Crippen LogP contribution in [-0.2, 0) is 39.0 Å². The minimum absolute atomic E-state index is 0.0826. The molecule has 0 aliphatic heterocycles. The van der Waals surface area contributed by atoms with E-state index >= 15 is 0 Å². The maximum absolute atomic E-state index is 14.6. The summed E-state index contributed by atoms with van der Waals surface area (Å²) in [6.07, 6.45) is 2.52. The van der Waals surface area contributed by atoms with E-state index < -0.39 is 28.5 Å². The van der Waals surface area contributed by atoms with Gasteiger partial charge in [-0.3, -0.25) is 13.9 Å². The van der Waals surface area contributed by atoms with E-state index in [2.05, 4.69) is 5.32 Å². The number of rotatable bonds is 15. The highest BCUT2D eigenvalue weighted by Crippen LogP contribution is 2.29. The van der Waals surface area contributed by atoms with Gasteiger partial charge in [-0.2, -0.15) is 0 Å². The molecule has 0 saturated heterocycles. The lowest BCUT2D eigenvalue weighted by Gasteiger charge is -2.34. The predicted molar refractivity (Wildman–Crippen MR) is 185 cm³/mol. The van der Waals surface area contributed by atoms with Crippen molar-refractivity contribution >= 4 is 39.1 Å². The van der Waals surface area contributed by atoms with Crippen molar-refractivity contribution in [2.75, 3.05) is 17.4 Å². The number of carbonyl (C=O) groups excluding carboxylic acids is 2. The van der Waals surface area contributed by atoms with Crippen LogP contribution in [0.15, 0.2) is 108 Å². The van der Waals surface area contributed by atoms with Crippen LogP contribution in [0.25, 0.3) is 0 Å². The number of nitrogens with zero attached hydrogens (tertiary/aromatic N) is 2. The van der Waals surface area contributed by atoms with Crippen molar-refractivity contribution in [3.8, 4) is 0 Å². The van der Waals surface area contributed by atoms with Crippen molar-refractivity contribution in [1.29, 1.82) is 0 Å². The smallest absolute Gasteiger partial charge is 0.264 e. The minimum Gasteiger partial charge on any atom is -0.354 e. The van der Waals surface area contributed by atoms with Gasteiger partial charge in [0.25, 0.3) is 10.0 Å². The second-order valence-corrected chi connectivity index (χ2v) is 13.6. The molecule has 2 amide bonds. The number of hydrogen-bond acceptors (Lipinski definition) is 4. The molecule has 1 N–H and O–H groups in total. The van der Waals surface area contributed by atoms with E-state index in [1.54, 1.807) is 48.5 Å². The van der Waals surface area contributed by atoms with E-state index in [0.717, 1.165) is 35.1 Å². The van der Waals surface area contributed by atoms with Gasteiger partial charge in [-0.25, -0.2) is 8.42 Å². The van der Waals surface area contributed by atoms with Gasteiger partial charge in [-0.05, 0) is 66.8 Å². The van der Waals surface area contributed by atoms with Gasteiger partial charge in [0.15, 0.2) is 0 Å². The fraction of sp³-hybridized carbons (Fsp3) is 0.297. The number of hydrogen-bond donors (Lipinski definition) is 1. The highest BCUT2D eigenvalue weighted by Gasteiger charge is 2.35. The fourth-order valence-electron chi connectivity index (χ4n) is 5.25. The second-order valence-electron chi connectivity index (χ2n) is 11.3. The van der Waals surface area contributed by atoms with Crippen molar-refractivity contribution in [2.45, 2.75) is 63.9 Å². The average molecular weight is 660 g/mol. The lowest BCUT2D eigenvalue weighted by atomic mass is 10.0. The molecule has 0 aromatic heterocycles. The highest BCUT2D eigenvalue weighted by atomic mass is 35.5. The number of carbonyl (C=O) groups is 2. The summed E-state index contributed by atoms with van der Waals surface area (Å²) in [6, 6.07) is 29.5. The van der Waals surface area contributed by atoms with Crippen molar-refractivity contribution in [2.24, 2.45) is 0 Å². The van der Waals surface area contributed by atoms with Crippen molar-refractivity contribution in [1.82, 2.24) is 10.2 Å². The molecule has 0 fully saturated rings. The molecule has 0 aliphatic carbocycles. The van der Waals surface area contributed by atoms with E-state index in [-0.39, 0.29) is 23.8 Å². The molecular weight excluding hydrogens is 618 g/mol. The van der Waals surface area contributed by atoms with Crippen molar-refractivity contribution < 1.29 is 18.0 Å². The normalized spacial score (nSPS) is 11.9. The topological polar surface area (TPSA) is 86.8 Å². The molecule has 0 heterocycles. The molecule has 0 unspecified atom stereocenters. The zero-order chi connectivity index (χ0) is 33.1. The van der Waals surface area contributed by atoms with E-state index in [1.807, 2.05) is 75.4 Å². The monoisotopic (exact) mass is 659 g/mol. The summed E-state index contributed by atoms with van der Waals surface area (Å²) in [6.45, 7) is 5.94. The molecule has 46 heavy (non-hydrogen) atoms. The Balaban J connectivity index is 1.81. The molecule has 0 bridgehead atoms. The lowest BCUT2D eigenvalue weighted by Crippen LogP contribution is -2.53. The van der Waals surface area contributed by atoms with E-state index in [9.17, 15) is 18.0 Å². The molecular formula is C37H42ClN3O4S. The molecule has 9 heteroatoms. The molecule has 4 rings (SSSR count). The summed E-state index contributed by atoms with van der Waals surface area (Å²) in [5.41, 5.74) is 3.78. The SMILES string of the molecule is CCCCNC(=O)[C@H](Cc1ccccc1)N(Cc1ccc(Cl)cc1)C(=O)CN(c1ccccc1CC)S(=O)(=O)c1ccc(C)cc1. The van der Waals surface area contributed by atoms with Gasteiger partial charge in [0.2, 0.25) is 11.8 Å². The van der Waals surface area contributed by atoms with E-state index in [1.165, 1.54) is 9.21 Å². The first kappa shape index (κ1) is 34.7. The Morgan fingerprint density at radius 1 is 0.826 bits per heavy atom. The van der Waals surface area contributed by atoms with Gasteiger partial charge in [0.05, 0.1) is 10.6 Å². The molecule has 7 nitrogen and oxygen atoms in total. The lowest BCUT2D eigenvalue weighted by molar-refractivity contribution is -0.140. The van der Waals surface area contributed by atoms with Gasteiger partial charge in [0.1, 0.15) is 12.6 Å². The summed E-state index contributed by atoms with van der Waals surface area (Å²) in [4.78, 5) is 30.1. The van der Waals surface area contributed by atoms with Crippen LogP contribution >= 0.6 is 11.6 Å². The molecule has 0 radical (unpaired) electrons. The zero-order valence-electron chi connectivity index (χ0n) is 26.7. The fourth-order valence-corrected chi connectivity index (χ4v) is 6.83. The summed E-state index contributed by atoms with van der Waals surface area (Å²) in [5, 5.41) is 3.56. The molecule has 242 valence electrons. The Hall–Kier alpha value is -4.14. The standard InChI is InChI=1S/C37H42ClN3O4S/c1-4-6-24-39-37(43)35(25-29-12-8-7-9-13-29)40(26-30-18-20-32(38)21-19-30)36(42)27-41(34-15-11-10-14-31(34)5-2)46(44,45)33-22-16-28(3)17-23-33/h7-23,35H,4-6,24-27H2,1-3H3,(H,39,43)/t35-/m0/s1. The first-order valence-corrected chi connectivity index (χ1v) is 17.5. The third kappa shape index (κ3) is 8.98. The Morgan fingerprint density at radius 2 is 1.48 bits per heavy atom. The second kappa shape index (κ2) is 16.4. The van der Waals surface area contributed by atoms with Crippen LogP contribution in [0.5, 0.6) is 0 Å². The number of para-hydroxylation sites is 1. The first-order chi connectivity index (χ1) is 22.1. The van der Waals surface area contributed by atoms with Crippen LogP contribution in [-0.4, -0.2) is 44.3 Å². The molecule has 0 saturated carbocycles. The third-order valence-electron chi connectivity index (χ3n) is 7.90. The van der Waals surface area contributed by atoms with Gasteiger partial charge < -0.3 is 10.2 Å². The highest BCUT2D eigenvalue weighted by molar-refractivity contribution is 7.92. The summed E-state index contributed by atoms with van der Waals surface area (Å²) >= 11 is 6.17. The Morgan fingerprint density at radius 3 is 2.13 bits per heavy atom. The van der Waals surface area contributed by atoms with Gasteiger partial charge in [-0.15, -0.1) is 0 Å². The molecule has 0 spiro atoms. The maximum atomic E-state index is 14.6. The Labute approximate surface area is 278 Å². The number of aryl methyl sites for hydroxylation is 2. The summed E-state index contributed by atoms with van der Waals surface area (Å²) < 4.78 is 29.8. The van der Waals surface area contributed by atoms with Gasteiger partial charge >= 0.3 is 0 Å². The number of anilines is 1. The van der Waals surface area contributed by atoms with Gasteiger partial charge in [0, 0.05) is 24.5 Å². The van der Waals surface area contributed by atoms with E-state index in [4.69, 9.17) is 11.6 Å². The van der Waals surface area contributed by atoms with Crippen LogP contribution in [0.2, 0.25) is 5.02 Å². The quantitative estimate of drug-likeness (QED) is 0.140. The number of benzene rings is 4. The van der Waals surface area contributed by atoms with Crippen LogP contribution in [0.3, 0.4) is 0 Å². The van der Waals surface area contributed by atoms with Crippen LogP contribution < -0.4 is 9.62 Å². The number of nitrogens with one attached hydrogen (secondary N) is 1. The van der Waals surface area contributed by atoms with Gasteiger partial charge in [-0.1, -0.05) is 110 Å². The Kier molecular flexibility index (Phi) is 12.4. The average Bonchev–Trinajstić information content (AvgIpc) is 3.06. The van der Waals surface area contributed by atoms with E-state index in [0.29, 0.717) is 23.7 Å². The van der Waals surface area contributed by atoms with Crippen LogP contribution in [0.1, 0.15) is 48.9 Å². The molecule has 1 atom stereocenters. The number of sulfonamides is 1. The van der Waals surface area contributed by atoms with Crippen LogP contribution in [0.4, 0.5) is 5.69 Å². The largest absolute Gasteiger partial charge is 0.354 e. The number of amides is 2. The zero-order valence-corrected chi connectivity index (χ0v) is 28.2. The third-order valence-corrected chi connectivity index (χ3v) is 9.92. The van der Waals surface area contributed by atoms with Crippen molar-refractivity contribution in [3.63, 3.8) is 0 Å². The van der Waals surface area contributed by atoms with Crippen molar-refractivity contribution in [3.05, 3.63) is 130 Å². The first-order valence-electron chi connectivity index (χ1n) is 15.7. The molecule has 0 aliphatic rings. The molecule has 4 aromatic carbocycles. The molecule has 4 aromatic rings. The maximum Gasteiger partial charge on any atom is 0.264 e. The summed E-state index contributed by atoms with van der Waals surface area (Å²) in [5.74, 6) is -0.787. The predicted octanol–water partition coefficient (Wildman–Crippen LogP) is 6.96. The summed E-state index contributed by atoms with van der Waals surface area (Å²) in [7, 11) is -4.17. The minimum atomic E-state index is -4.17. The Bertz CT molecular complexity index is 1700. The van der Waals surface area contributed by atoms with Crippen LogP contribution in [0, 0.1) is 6.92 Å². The number of unbranched alkanes of at least 4 members (excludes halogenated alkanes) is 1.